The molecular weight excluding hydrogens is 413 g/mol. The molecule has 2 aliphatic rings. The monoisotopic (exact) mass is 434 g/mol. The lowest BCUT2D eigenvalue weighted by molar-refractivity contribution is -0.141. The average Bonchev–Trinajstić information content (AvgIpc) is 2.65. The Morgan fingerprint density at radius 1 is 1.23 bits per heavy atom. The van der Waals surface area contributed by atoms with E-state index in [1.165, 1.54) is 6.07 Å². The second-order valence-corrected chi connectivity index (χ2v) is 8.23. The average molecular weight is 434 g/mol. The largest absolute Gasteiger partial charge is 0.471 e. The third-order valence-corrected chi connectivity index (χ3v) is 5.19. The van der Waals surface area contributed by atoms with E-state index in [-0.39, 0.29) is 11.8 Å². The molecule has 10 heteroatoms. The second kappa shape index (κ2) is 7.44. The molecule has 0 saturated heterocycles. The lowest BCUT2D eigenvalue weighted by Gasteiger charge is -2.37. The zero-order valence-electron chi connectivity index (χ0n) is 16.9. The number of anilines is 2. The van der Waals surface area contributed by atoms with Crippen LogP contribution in [0.1, 0.15) is 49.6 Å². The van der Waals surface area contributed by atoms with Crippen LogP contribution in [0, 0.1) is 0 Å². The molecule has 3 N–H and O–H groups in total. The summed E-state index contributed by atoms with van der Waals surface area (Å²) in [5.74, 6) is -0.228. The first-order valence-electron chi connectivity index (χ1n) is 9.78. The van der Waals surface area contributed by atoms with E-state index in [4.69, 9.17) is 4.74 Å². The third kappa shape index (κ3) is 4.57. The van der Waals surface area contributed by atoms with Crippen LogP contribution in [0.2, 0.25) is 0 Å². The maximum atomic E-state index is 13.0. The maximum Gasteiger partial charge on any atom is 0.433 e. The number of urea groups is 1. The number of aromatic nitrogens is 1. The molecule has 3 heterocycles. The number of hydrogen-bond acceptors (Lipinski definition) is 4. The first-order chi connectivity index (χ1) is 14.5. The van der Waals surface area contributed by atoms with Gasteiger partial charge in [-0.15, -0.1) is 0 Å². The number of amides is 3. The maximum absolute atomic E-state index is 13.0. The molecule has 0 saturated carbocycles. The standard InChI is InChI=1S/C21H21F3N4O3/c1-20(2)10-15(13-6-7-16(21(22,23)24)28-18(13)31-20)27-19(30)25-12-5-3-11-4-8-17(29)26-14(11)9-12/h3,5-7,9,15H,4,8,10H2,1-2H3,(H,26,29)(H2,25,27,30)/t15-/m1/s1. The number of nitrogens with one attached hydrogen (secondary N) is 3. The summed E-state index contributed by atoms with van der Waals surface area (Å²) in [5, 5.41) is 8.26. The summed E-state index contributed by atoms with van der Waals surface area (Å²) in [6.07, 6.45) is -3.19. The first kappa shape index (κ1) is 21.0. The summed E-state index contributed by atoms with van der Waals surface area (Å²) in [5.41, 5.74) is 0.616. The lowest BCUT2D eigenvalue weighted by atomic mass is 9.91. The summed E-state index contributed by atoms with van der Waals surface area (Å²) in [7, 11) is 0. The number of carbonyl (C=O) groups is 2. The van der Waals surface area contributed by atoms with Gasteiger partial charge >= 0.3 is 12.2 Å². The van der Waals surface area contributed by atoms with Gasteiger partial charge in [0.15, 0.2) is 0 Å². The van der Waals surface area contributed by atoms with Crippen molar-refractivity contribution in [2.45, 2.75) is 50.9 Å². The lowest BCUT2D eigenvalue weighted by Crippen LogP contribution is -2.43. The topological polar surface area (TPSA) is 92.4 Å². The number of benzene rings is 1. The highest BCUT2D eigenvalue weighted by Gasteiger charge is 2.39. The van der Waals surface area contributed by atoms with Gasteiger partial charge in [0.25, 0.3) is 0 Å². The fourth-order valence-corrected chi connectivity index (χ4v) is 3.76. The van der Waals surface area contributed by atoms with Crippen molar-refractivity contribution in [1.29, 1.82) is 0 Å². The molecule has 31 heavy (non-hydrogen) atoms. The van der Waals surface area contributed by atoms with Crippen LogP contribution >= 0.6 is 0 Å². The Morgan fingerprint density at radius 3 is 2.74 bits per heavy atom. The van der Waals surface area contributed by atoms with Crippen LogP contribution in [0.3, 0.4) is 0 Å². The van der Waals surface area contributed by atoms with Gasteiger partial charge in [-0.05, 0) is 50.1 Å². The zero-order chi connectivity index (χ0) is 22.4. The molecule has 0 spiro atoms. The molecule has 3 amide bonds. The van der Waals surface area contributed by atoms with Crippen LogP contribution in [-0.4, -0.2) is 22.5 Å². The number of hydrogen-bond donors (Lipinski definition) is 3. The van der Waals surface area contributed by atoms with Crippen LogP contribution in [0.15, 0.2) is 30.3 Å². The van der Waals surface area contributed by atoms with Crippen LogP contribution in [0.5, 0.6) is 5.88 Å². The molecule has 0 radical (unpaired) electrons. The molecule has 0 fully saturated rings. The molecule has 164 valence electrons. The molecule has 1 aromatic heterocycles. The summed E-state index contributed by atoms with van der Waals surface area (Å²) in [6.45, 7) is 3.44. The quantitative estimate of drug-likeness (QED) is 0.653. The van der Waals surface area contributed by atoms with E-state index >= 15 is 0 Å². The van der Waals surface area contributed by atoms with Gasteiger partial charge in [-0.25, -0.2) is 9.78 Å². The fraction of sp³-hybridized carbons (Fsp3) is 0.381. The van der Waals surface area contributed by atoms with Crippen molar-refractivity contribution < 1.29 is 27.5 Å². The smallest absolute Gasteiger partial charge is 0.433 e. The number of aryl methyl sites for hydroxylation is 1. The van der Waals surface area contributed by atoms with Crippen molar-refractivity contribution in [3.8, 4) is 5.88 Å². The number of nitrogens with zero attached hydrogens (tertiary/aromatic N) is 1. The van der Waals surface area contributed by atoms with E-state index in [2.05, 4.69) is 20.9 Å². The Balaban J connectivity index is 1.52. The van der Waals surface area contributed by atoms with Gasteiger partial charge in [0.2, 0.25) is 11.8 Å². The molecule has 0 unspecified atom stereocenters. The van der Waals surface area contributed by atoms with Crippen LogP contribution in [0.4, 0.5) is 29.3 Å². The Bertz CT molecular complexity index is 1050. The van der Waals surface area contributed by atoms with Crippen molar-refractivity contribution in [1.82, 2.24) is 10.3 Å². The highest BCUT2D eigenvalue weighted by atomic mass is 19.4. The number of alkyl halides is 3. The van der Waals surface area contributed by atoms with Crippen LogP contribution in [0.25, 0.3) is 0 Å². The Morgan fingerprint density at radius 2 is 2.00 bits per heavy atom. The number of ether oxygens (including phenoxy) is 1. The van der Waals surface area contributed by atoms with E-state index in [9.17, 15) is 22.8 Å². The second-order valence-electron chi connectivity index (χ2n) is 8.23. The minimum absolute atomic E-state index is 0.0825. The van der Waals surface area contributed by atoms with Gasteiger partial charge in [-0.2, -0.15) is 13.2 Å². The van der Waals surface area contributed by atoms with E-state index in [0.29, 0.717) is 36.2 Å². The van der Waals surface area contributed by atoms with E-state index in [0.717, 1.165) is 11.6 Å². The molecule has 4 rings (SSSR count). The molecule has 0 bridgehead atoms. The number of fused-ring (bicyclic) bond motifs is 2. The number of halogens is 3. The van der Waals surface area contributed by atoms with Crippen molar-refractivity contribution in [3.63, 3.8) is 0 Å². The molecule has 7 nitrogen and oxygen atoms in total. The van der Waals surface area contributed by atoms with Crippen molar-refractivity contribution >= 4 is 23.3 Å². The van der Waals surface area contributed by atoms with Crippen molar-refractivity contribution in [2.75, 3.05) is 10.6 Å². The Kier molecular flexibility index (Phi) is 5.03. The zero-order valence-corrected chi connectivity index (χ0v) is 16.9. The minimum atomic E-state index is -4.60. The van der Waals surface area contributed by atoms with Gasteiger partial charge in [-0.3, -0.25) is 4.79 Å². The van der Waals surface area contributed by atoms with Gasteiger partial charge in [0.05, 0.1) is 6.04 Å². The predicted octanol–water partition coefficient (Wildman–Crippen LogP) is 4.41. The molecule has 1 aromatic carbocycles. The summed E-state index contributed by atoms with van der Waals surface area (Å²) in [4.78, 5) is 27.8. The van der Waals surface area contributed by atoms with E-state index in [1.807, 2.05) is 6.07 Å². The van der Waals surface area contributed by atoms with E-state index < -0.39 is 29.5 Å². The van der Waals surface area contributed by atoms with Gasteiger partial charge < -0.3 is 20.7 Å². The number of rotatable bonds is 2. The van der Waals surface area contributed by atoms with Crippen molar-refractivity contribution in [3.05, 3.63) is 47.2 Å². The Hall–Kier alpha value is -3.30. The molecular formula is C21H21F3N4O3. The molecule has 1 atom stereocenters. The SMILES string of the molecule is CC1(C)C[C@@H](NC(=O)Nc2ccc3c(c2)NC(=O)CC3)c2ccc(C(F)(F)F)nc2O1. The summed E-state index contributed by atoms with van der Waals surface area (Å²) in [6, 6.07) is 6.26. The van der Waals surface area contributed by atoms with E-state index in [1.54, 1.807) is 26.0 Å². The molecule has 2 aromatic rings. The van der Waals surface area contributed by atoms with Gasteiger partial charge in [0.1, 0.15) is 11.3 Å². The summed E-state index contributed by atoms with van der Waals surface area (Å²) >= 11 is 0. The molecule has 2 aliphatic heterocycles. The van der Waals surface area contributed by atoms with Crippen LogP contribution < -0.4 is 20.7 Å². The van der Waals surface area contributed by atoms with Gasteiger partial charge in [-0.1, -0.05) is 6.07 Å². The fourth-order valence-electron chi connectivity index (χ4n) is 3.76. The normalized spacial score (nSPS) is 19.4. The first-order valence-corrected chi connectivity index (χ1v) is 9.78. The number of pyridine rings is 1. The third-order valence-electron chi connectivity index (χ3n) is 5.19. The van der Waals surface area contributed by atoms with Crippen LogP contribution in [-0.2, 0) is 17.4 Å². The predicted molar refractivity (Wildman–Crippen MR) is 107 cm³/mol. The minimum Gasteiger partial charge on any atom is -0.471 e. The number of carbonyl (C=O) groups excluding carboxylic acids is 2. The summed E-state index contributed by atoms with van der Waals surface area (Å²) < 4.78 is 44.7. The molecule has 0 aliphatic carbocycles. The van der Waals surface area contributed by atoms with Gasteiger partial charge in [0, 0.05) is 29.8 Å². The Labute approximate surface area is 176 Å². The van der Waals surface area contributed by atoms with Crippen molar-refractivity contribution in [2.24, 2.45) is 0 Å². The highest BCUT2D eigenvalue weighted by Crippen LogP contribution is 2.40. The highest BCUT2D eigenvalue weighted by molar-refractivity contribution is 5.96.